The van der Waals surface area contributed by atoms with E-state index in [0.29, 0.717) is 12.5 Å². The van der Waals surface area contributed by atoms with E-state index in [1.54, 1.807) is 6.33 Å². The molecule has 20 heavy (non-hydrogen) atoms. The third-order valence-corrected chi connectivity index (χ3v) is 3.58. The number of hydrogen-bond donors (Lipinski definition) is 1. The van der Waals surface area contributed by atoms with Crippen molar-refractivity contribution in [1.82, 2.24) is 14.9 Å². The molecule has 1 aliphatic rings. The molecule has 0 bridgehead atoms. The molecule has 1 aromatic heterocycles. The third-order valence-electron chi connectivity index (χ3n) is 3.58. The van der Waals surface area contributed by atoms with Crippen LogP contribution >= 0.6 is 0 Å². The highest BCUT2D eigenvalue weighted by Gasteiger charge is 2.30. The first kappa shape index (κ1) is 13.2. The van der Waals surface area contributed by atoms with Gasteiger partial charge < -0.3 is 9.88 Å². The van der Waals surface area contributed by atoms with Gasteiger partial charge in [-0.3, -0.25) is 0 Å². The van der Waals surface area contributed by atoms with Gasteiger partial charge in [-0.1, -0.05) is 12.1 Å². The van der Waals surface area contributed by atoms with E-state index >= 15 is 0 Å². The summed E-state index contributed by atoms with van der Waals surface area (Å²) in [6, 6.07) is 5.28. The van der Waals surface area contributed by atoms with E-state index in [0.717, 1.165) is 36.5 Å². The minimum Gasteiger partial charge on any atom is -0.330 e. The second-order valence-corrected chi connectivity index (χ2v) is 5.00. The van der Waals surface area contributed by atoms with Gasteiger partial charge in [0.25, 0.3) is 0 Å². The van der Waals surface area contributed by atoms with Crippen LogP contribution in [0, 0.1) is 0 Å². The lowest BCUT2D eigenvalue weighted by Crippen LogP contribution is -2.40. The molecule has 1 N–H and O–H groups in total. The molecule has 106 valence electrons. The molecule has 1 fully saturated rings. The zero-order chi connectivity index (χ0) is 14.2. The first-order valence-electron chi connectivity index (χ1n) is 6.41. The monoisotopic (exact) mass is 281 g/mol. The van der Waals surface area contributed by atoms with Crippen LogP contribution in [0.1, 0.15) is 22.7 Å². The van der Waals surface area contributed by atoms with Crippen LogP contribution in [0.3, 0.4) is 0 Å². The number of alkyl halides is 3. The molecule has 2 aromatic rings. The van der Waals surface area contributed by atoms with Gasteiger partial charge in [0.1, 0.15) is 0 Å². The van der Waals surface area contributed by atoms with Crippen LogP contribution in [0.25, 0.3) is 0 Å². The van der Waals surface area contributed by atoms with Gasteiger partial charge in [-0.25, -0.2) is 4.98 Å². The Bertz CT molecular complexity index is 582. The van der Waals surface area contributed by atoms with Crippen LogP contribution in [0.2, 0.25) is 0 Å². The van der Waals surface area contributed by atoms with Crippen molar-refractivity contribution in [2.24, 2.45) is 0 Å². The van der Waals surface area contributed by atoms with Crippen molar-refractivity contribution in [2.45, 2.75) is 18.6 Å². The quantitative estimate of drug-likeness (QED) is 0.937. The standard InChI is InChI=1S/C14H14F3N3/c15-14(16,17)12-3-1-10(2-4-12)8-20-9-19-7-13(20)11-5-18-6-11/h1-4,7,9,11,18H,5-6,8H2. The molecule has 0 radical (unpaired) electrons. The molecule has 0 atom stereocenters. The lowest BCUT2D eigenvalue weighted by molar-refractivity contribution is -0.137. The van der Waals surface area contributed by atoms with Crippen molar-refractivity contribution in [1.29, 1.82) is 0 Å². The summed E-state index contributed by atoms with van der Waals surface area (Å²) >= 11 is 0. The molecule has 3 rings (SSSR count). The normalized spacial score (nSPS) is 16.1. The summed E-state index contributed by atoms with van der Waals surface area (Å²) < 4.78 is 39.5. The maximum absolute atomic E-state index is 12.5. The predicted octanol–water partition coefficient (Wildman–Crippen LogP) is 2.64. The molecule has 1 aliphatic heterocycles. The first-order valence-corrected chi connectivity index (χ1v) is 6.41. The summed E-state index contributed by atoms with van der Waals surface area (Å²) in [6.07, 6.45) is -0.725. The van der Waals surface area contributed by atoms with Gasteiger partial charge in [0.15, 0.2) is 0 Å². The molecule has 3 nitrogen and oxygen atoms in total. The van der Waals surface area contributed by atoms with Crippen molar-refractivity contribution in [3.05, 3.63) is 53.6 Å². The minimum atomic E-state index is -4.28. The van der Waals surface area contributed by atoms with Crippen molar-refractivity contribution in [3.8, 4) is 0 Å². The molecule has 0 spiro atoms. The van der Waals surface area contributed by atoms with Gasteiger partial charge in [0.05, 0.1) is 11.9 Å². The molecule has 0 aliphatic carbocycles. The van der Waals surface area contributed by atoms with E-state index in [-0.39, 0.29) is 0 Å². The third kappa shape index (κ3) is 2.56. The Balaban J connectivity index is 1.76. The maximum Gasteiger partial charge on any atom is 0.416 e. The van der Waals surface area contributed by atoms with E-state index in [1.807, 2.05) is 10.8 Å². The number of rotatable bonds is 3. The van der Waals surface area contributed by atoms with Gasteiger partial charge in [0, 0.05) is 37.4 Å². The van der Waals surface area contributed by atoms with Crippen molar-refractivity contribution >= 4 is 0 Å². The highest BCUT2D eigenvalue weighted by molar-refractivity contribution is 5.25. The van der Waals surface area contributed by atoms with Crippen LogP contribution in [-0.4, -0.2) is 22.6 Å². The Morgan fingerprint density at radius 3 is 2.45 bits per heavy atom. The van der Waals surface area contributed by atoms with Crippen LogP contribution in [0.5, 0.6) is 0 Å². The van der Waals surface area contributed by atoms with Gasteiger partial charge >= 0.3 is 6.18 Å². The van der Waals surface area contributed by atoms with E-state index < -0.39 is 11.7 Å². The lowest BCUT2D eigenvalue weighted by atomic mass is 10.00. The predicted molar refractivity (Wildman–Crippen MR) is 68.4 cm³/mol. The molecule has 1 saturated heterocycles. The van der Waals surface area contributed by atoms with Crippen molar-refractivity contribution < 1.29 is 13.2 Å². The number of halogens is 3. The second-order valence-electron chi connectivity index (χ2n) is 5.00. The largest absolute Gasteiger partial charge is 0.416 e. The van der Waals surface area contributed by atoms with Crippen LogP contribution in [0.15, 0.2) is 36.8 Å². The number of hydrogen-bond acceptors (Lipinski definition) is 2. The highest BCUT2D eigenvalue weighted by atomic mass is 19.4. The van der Waals surface area contributed by atoms with Gasteiger partial charge in [-0.2, -0.15) is 13.2 Å². The second kappa shape index (κ2) is 4.94. The molecule has 1 aromatic carbocycles. The minimum absolute atomic E-state index is 0.451. The lowest BCUT2D eigenvalue weighted by Gasteiger charge is -2.27. The Labute approximate surface area is 114 Å². The number of nitrogens with zero attached hydrogens (tertiary/aromatic N) is 2. The zero-order valence-corrected chi connectivity index (χ0v) is 10.7. The summed E-state index contributed by atoms with van der Waals surface area (Å²) in [6.45, 7) is 2.40. The number of nitrogens with one attached hydrogen (secondary N) is 1. The van der Waals surface area contributed by atoms with Crippen molar-refractivity contribution in [3.63, 3.8) is 0 Å². The van der Waals surface area contributed by atoms with Crippen LogP contribution in [0.4, 0.5) is 13.2 Å². The summed E-state index contributed by atoms with van der Waals surface area (Å²) in [5.41, 5.74) is 1.35. The summed E-state index contributed by atoms with van der Waals surface area (Å²) in [4.78, 5) is 4.13. The molecule has 0 unspecified atom stereocenters. The van der Waals surface area contributed by atoms with E-state index in [1.165, 1.54) is 12.1 Å². The first-order chi connectivity index (χ1) is 9.54. The Hall–Kier alpha value is -1.82. The number of imidazole rings is 1. The summed E-state index contributed by atoms with van der Waals surface area (Å²) in [5.74, 6) is 0.451. The van der Waals surface area contributed by atoms with Crippen LogP contribution < -0.4 is 5.32 Å². The topological polar surface area (TPSA) is 29.9 Å². The van der Waals surface area contributed by atoms with E-state index in [9.17, 15) is 13.2 Å². The highest BCUT2D eigenvalue weighted by Crippen LogP contribution is 2.29. The van der Waals surface area contributed by atoms with E-state index in [2.05, 4.69) is 10.3 Å². The fraction of sp³-hybridized carbons (Fsp3) is 0.357. The summed E-state index contributed by atoms with van der Waals surface area (Å²) in [7, 11) is 0. The van der Waals surface area contributed by atoms with Gasteiger partial charge in [-0.05, 0) is 17.7 Å². The average molecular weight is 281 g/mol. The Morgan fingerprint density at radius 1 is 1.20 bits per heavy atom. The molecule has 2 heterocycles. The SMILES string of the molecule is FC(F)(F)c1ccc(Cn2cncc2C2CNC2)cc1. The smallest absolute Gasteiger partial charge is 0.330 e. The molecular weight excluding hydrogens is 267 g/mol. The molecule has 0 amide bonds. The Morgan fingerprint density at radius 2 is 1.90 bits per heavy atom. The van der Waals surface area contributed by atoms with Gasteiger partial charge in [0.2, 0.25) is 0 Å². The summed E-state index contributed by atoms with van der Waals surface area (Å²) in [5, 5.41) is 3.20. The average Bonchev–Trinajstić information content (AvgIpc) is 2.75. The maximum atomic E-state index is 12.5. The molecular formula is C14H14F3N3. The number of aromatic nitrogens is 2. The fourth-order valence-corrected chi connectivity index (χ4v) is 2.30. The fourth-order valence-electron chi connectivity index (χ4n) is 2.30. The zero-order valence-electron chi connectivity index (χ0n) is 10.7. The van der Waals surface area contributed by atoms with Gasteiger partial charge in [-0.15, -0.1) is 0 Å². The van der Waals surface area contributed by atoms with Crippen molar-refractivity contribution in [2.75, 3.05) is 13.1 Å². The molecule has 6 heteroatoms. The Kier molecular flexibility index (Phi) is 3.25. The van der Waals surface area contributed by atoms with Crippen LogP contribution in [-0.2, 0) is 12.7 Å². The number of benzene rings is 1. The van der Waals surface area contributed by atoms with E-state index in [4.69, 9.17) is 0 Å². The molecule has 0 saturated carbocycles.